The van der Waals surface area contributed by atoms with E-state index in [-0.39, 0.29) is 18.9 Å². The Kier molecular flexibility index (Phi) is 14.2. The van der Waals surface area contributed by atoms with Crippen LogP contribution in [0.25, 0.3) is 0 Å². The third-order valence-electron chi connectivity index (χ3n) is 11.1. The van der Waals surface area contributed by atoms with E-state index < -0.39 is 37.8 Å². The van der Waals surface area contributed by atoms with Crippen molar-refractivity contribution >= 4 is 14.7 Å². The number of hydrogen-bond donors (Lipinski definition) is 0. The summed E-state index contributed by atoms with van der Waals surface area (Å²) in [7, 11) is -6.71. The molecule has 0 spiro atoms. The third-order valence-corrected chi connectivity index (χ3v) is 16.3. The van der Waals surface area contributed by atoms with Gasteiger partial charge in [0.2, 0.25) is 20.5 Å². The molecule has 58 heavy (non-hydrogen) atoms. The van der Waals surface area contributed by atoms with E-state index in [1.807, 2.05) is 180 Å². The van der Waals surface area contributed by atoms with Crippen molar-refractivity contribution in [1.82, 2.24) is 0 Å². The van der Waals surface area contributed by atoms with Crippen molar-refractivity contribution in [1.29, 1.82) is 0 Å². The molecule has 0 aliphatic heterocycles. The first-order valence-electron chi connectivity index (χ1n) is 20.3. The summed E-state index contributed by atoms with van der Waals surface area (Å²) in [5.41, 5.74) is 2.47. The van der Waals surface area contributed by atoms with Crippen molar-refractivity contribution in [3.05, 3.63) is 215 Å². The molecule has 8 heteroatoms. The maximum absolute atomic E-state index is 15.1. The van der Waals surface area contributed by atoms with Crippen LogP contribution in [0, 0.1) is 0 Å². The minimum absolute atomic E-state index is 0.233. The van der Waals surface area contributed by atoms with Crippen LogP contribution in [0.2, 0.25) is 0 Å². The molecule has 0 heterocycles. The molecule has 0 saturated carbocycles. The topological polar surface area (TPSA) is 71.1 Å². The van der Waals surface area contributed by atoms with E-state index in [1.165, 1.54) is 0 Å². The van der Waals surface area contributed by atoms with Gasteiger partial charge in [-0.05, 0) is 40.3 Å². The normalized spacial score (nSPS) is 14.1. The standard InChI is InChI=1S/C50H56O6P2/c1-6-57(51,7-2)54-41(5)48(56-58(52,8-3)9-4,55-50(45-34-22-13-23-35-45,46-36-24-14-25-37-46)47-38-26-15-27-39-47)40-53-49(42-28-16-10-17-29-42,43-30-18-11-19-31-43)44-32-20-12-21-33-44/h10-39,41H,6-9,40H2,1-5H3/t41-,48-/m1/s1. The molecule has 0 bridgehead atoms. The van der Waals surface area contributed by atoms with Crippen LogP contribution >= 0.6 is 14.7 Å². The molecule has 6 aromatic carbocycles. The number of hydrogen-bond acceptors (Lipinski definition) is 6. The lowest BCUT2D eigenvalue weighted by Crippen LogP contribution is -2.57. The Balaban J connectivity index is 1.71. The molecule has 0 aliphatic rings. The molecule has 0 N–H and O–H groups in total. The Hall–Kier alpha value is -4.38. The summed E-state index contributed by atoms with van der Waals surface area (Å²) in [6, 6.07) is 60.2. The molecule has 6 aromatic rings. The lowest BCUT2D eigenvalue weighted by Gasteiger charge is -2.49. The van der Waals surface area contributed by atoms with Crippen molar-refractivity contribution in [2.45, 2.75) is 57.7 Å². The highest BCUT2D eigenvalue weighted by Gasteiger charge is 2.55. The summed E-state index contributed by atoms with van der Waals surface area (Å²) in [6.07, 6.45) is 0.00798. The number of rotatable bonds is 20. The summed E-state index contributed by atoms with van der Waals surface area (Å²) in [6.45, 7) is 9.01. The van der Waals surface area contributed by atoms with Crippen LogP contribution in [0.5, 0.6) is 0 Å². The summed E-state index contributed by atoms with van der Waals surface area (Å²) in [5.74, 6) is -1.94. The molecule has 6 nitrogen and oxygen atoms in total. The second kappa shape index (κ2) is 19.1. The molecule has 6 rings (SSSR count). The van der Waals surface area contributed by atoms with Gasteiger partial charge in [-0.15, -0.1) is 0 Å². The molecule has 0 aromatic heterocycles. The van der Waals surface area contributed by atoms with Gasteiger partial charge in [0.15, 0.2) is 0 Å². The zero-order valence-corrected chi connectivity index (χ0v) is 36.1. The Morgan fingerprint density at radius 1 is 0.431 bits per heavy atom. The van der Waals surface area contributed by atoms with Gasteiger partial charge in [-0.3, -0.25) is 13.7 Å². The van der Waals surface area contributed by atoms with Crippen LogP contribution in [-0.4, -0.2) is 43.1 Å². The lowest BCUT2D eigenvalue weighted by molar-refractivity contribution is -0.295. The minimum atomic E-state index is -3.47. The van der Waals surface area contributed by atoms with E-state index in [1.54, 1.807) is 0 Å². The molecule has 302 valence electrons. The smallest absolute Gasteiger partial charge is 0.226 e. The predicted molar refractivity (Wildman–Crippen MR) is 237 cm³/mol. The SMILES string of the molecule is CCP(=O)(CC)O[C@H](C)[C@](COC(c1ccccc1)(c1ccccc1)c1ccccc1)(OC(c1ccccc1)(c1ccccc1)c1ccccc1)OP(=O)(CC)CC. The zero-order chi connectivity index (χ0) is 41.1. The highest BCUT2D eigenvalue weighted by molar-refractivity contribution is 7.59. The van der Waals surface area contributed by atoms with Gasteiger partial charge < -0.3 is 14.0 Å². The molecule has 0 unspecified atom stereocenters. The van der Waals surface area contributed by atoms with Crippen LogP contribution in [0.1, 0.15) is 68.0 Å². The van der Waals surface area contributed by atoms with Gasteiger partial charge in [0.25, 0.3) is 0 Å². The minimum Gasteiger partial charge on any atom is -0.355 e. The van der Waals surface area contributed by atoms with Crippen LogP contribution in [0.3, 0.4) is 0 Å². The van der Waals surface area contributed by atoms with Gasteiger partial charge in [0.1, 0.15) is 23.9 Å². The van der Waals surface area contributed by atoms with E-state index in [2.05, 4.69) is 36.4 Å². The molecule has 0 amide bonds. The van der Waals surface area contributed by atoms with Crippen molar-refractivity contribution < 1.29 is 27.7 Å². The van der Waals surface area contributed by atoms with Gasteiger partial charge in [0, 0.05) is 24.6 Å². The molecule has 0 fully saturated rings. The zero-order valence-electron chi connectivity index (χ0n) is 34.3. The fourth-order valence-electron chi connectivity index (χ4n) is 7.66. The molecule has 0 saturated heterocycles. The first-order valence-corrected chi connectivity index (χ1v) is 24.3. The maximum atomic E-state index is 15.1. The van der Waals surface area contributed by atoms with E-state index in [0.717, 1.165) is 33.4 Å². The summed E-state index contributed by atoms with van der Waals surface area (Å²) >= 11 is 0. The Morgan fingerprint density at radius 3 is 0.983 bits per heavy atom. The fourth-order valence-corrected chi connectivity index (χ4v) is 10.6. The van der Waals surface area contributed by atoms with Crippen molar-refractivity contribution in [2.75, 3.05) is 31.3 Å². The highest BCUT2D eigenvalue weighted by atomic mass is 31.2. The van der Waals surface area contributed by atoms with Gasteiger partial charge in [-0.25, -0.2) is 0 Å². The van der Waals surface area contributed by atoms with Crippen LogP contribution in [-0.2, 0) is 38.9 Å². The Bertz CT molecular complexity index is 2030. The average molecular weight is 815 g/mol. The molecular weight excluding hydrogens is 758 g/mol. The summed E-state index contributed by atoms with van der Waals surface area (Å²) < 4.78 is 59.1. The molecule has 0 aliphatic carbocycles. The van der Waals surface area contributed by atoms with Crippen LogP contribution in [0.15, 0.2) is 182 Å². The Morgan fingerprint density at radius 2 is 0.707 bits per heavy atom. The molecule has 2 atom stereocenters. The first-order chi connectivity index (χ1) is 28.1. The third kappa shape index (κ3) is 8.94. The summed E-state index contributed by atoms with van der Waals surface area (Å²) in [4.78, 5) is 0. The second-order valence-electron chi connectivity index (χ2n) is 14.5. The van der Waals surface area contributed by atoms with Gasteiger partial charge in [-0.1, -0.05) is 210 Å². The van der Waals surface area contributed by atoms with Crippen molar-refractivity contribution in [3.63, 3.8) is 0 Å². The number of ether oxygens (including phenoxy) is 2. The second-order valence-corrected chi connectivity index (χ2v) is 20.7. The number of benzene rings is 6. The van der Waals surface area contributed by atoms with Crippen molar-refractivity contribution in [3.8, 4) is 0 Å². The predicted octanol–water partition coefficient (Wildman–Crippen LogP) is 12.8. The fraction of sp³-hybridized carbons (Fsp3) is 0.280. The van der Waals surface area contributed by atoms with Gasteiger partial charge >= 0.3 is 0 Å². The van der Waals surface area contributed by atoms with Gasteiger partial charge in [0.05, 0.1) is 0 Å². The molecule has 0 radical (unpaired) electrons. The van der Waals surface area contributed by atoms with Gasteiger partial charge in [-0.2, -0.15) is 0 Å². The largest absolute Gasteiger partial charge is 0.355 e. The average Bonchev–Trinajstić information content (AvgIpc) is 3.30. The lowest BCUT2D eigenvalue weighted by atomic mass is 9.79. The monoisotopic (exact) mass is 814 g/mol. The van der Waals surface area contributed by atoms with Crippen molar-refractivity contribution in [2.24, 2.45) is 0 Å². The van der Waals surface area contributed by atoms with Crippen LogP contribution < -0.4 is 0 Å². The first kappa shape index (κ1) is 43.2. The van der Waals surface area contributed by atoms with E-state index in [0.29, 0.717) is 12.3 Å². The Labute approximate surface area is 345 Å². The summed E-state index contributed by atoms with van der Waals surface area (Å²) in [5, 5.41) is 0. The maximum Gasteiger partial charge on any atom is 0.226 e. The van der Waals surface area contributed by atoms with E-state index in [9.17, 15) is 4.57 Å². The highest BCUT2D eigenvalue weighted by Crippen LogP contribution is 2.58. The quantitative estimate of drug-likeness (QED) is 0.0434. The van der Waals surface area contributed by atoms with Crippen LogP contribution in [0.4, 0.5) is 0 Å². The van der Waals surface area contributed by atoms with E-state index in [4.69, 9.17) is 18.5 Å². The molecular formula is C50H56O6P2. The van der Waals surface area contributed by atoms with E-state index >= 15 is 4.57 Å².